The Morgan fingerprint density at radius 1 is 1.30 bits per heavy atom. The summed E-state index contributed by atoms with van der Waals surface area (Å²) in [6.45, 7) is 1.31. The van der Waals surface area contributed by atoms with Gasteiger partial charge in [0.15, 0.2) is 11.4 Å². The third kappa shape index (κ3) is 2.86. The molecule has 0 bridgehead atoms. The van der Waals surface area contributed by atoms with Gasteiger partial charge in [-0.25, -0.2) is 19.2 Å². The van der Waals surface area contributed by atoms with Crippen molar-refractivity contribution in [1.29, 1.82) is 0 Å². The van der Waals surface area contributed by atoms with Crippen molar-refractivity contribution >= 4 is 28.7 Å². The molecule has 8 heteroatoms. The molecular formula is C15H10FN3O4. The maximum atomic E-state index is 14.0. The number of hydrogen-bond donors (Lipinski definition) is 2. The van der Waals surface area contributed by atoms with Crippen LogP contribution in [0.4, 0.5) is 10.1 Å². The molecule has 23 heavy (non-hydrogen) atoms. The summed E-state index contributed by atoms with van der Waals surface area (Å²) < 4.78 is 19.4. The smallest absolute Gasteiger partial charge is 0.354 e. The summed E-state index contributed by atoms with van der Waals surface area (Å²) in [5.41, 5.74) is 0.557. The monoisotopic (exact) mass is 315 g/mol. The average molecular weight is 315 g/mol. The molecule has 3 rings (SSSR count). The predicted molar refractivity (Wildman–Crippen MR) is 78.5 cm³/mol. The number of carbonyl (C=O) groups excluding carboxylic acids is 1. The van der Waals surface area contributed by atoms with E-state index in [1.54, 1.807) is 0 Å². The quantitative estimate of drug-likeness (QED) is 0.770. The van der Waals surface area contributed by atoms with Crippen LogP contribution >= 0.6 is 0 Å². The molecule has 2 aromatic heterocycles. The molecule has 0 aliphatic heterocycles. The summed E-state index contributed by atoms with van der Waals surface area (Å²) in [7, 11) is 0. The number of rotatable bonds is 3. The van der Waals surface area contributed by atoms with Crippen LogP contribution in [0.3, 0.4) is 0 Å². The van der Waals surface area contributed by atoms with Gasteiger partial charge in [0.2, 0.25) is 11.8 Å². The molecule has 0 aliphatic carbocycles. The molecule has 0 spiro atoms. The van der Waals surface area contributed by atoms with E-state index in [1.165, 1.54) is 31.3 Å². The second-order valence-electron chi connectivity index (χ2n) is 4.74. The Bertz CT molecular complexity index is 936. The number of oxazole rings is 1. The first-order valence-electron chi connectivity index (χ1n) is 6.51. The topological polar surface area (TPSA) is 105 Å². The van der Waals surface area contributed by atoms with Crippen molar-refractivity contribution in [2.45, 2.75) is 6.92 Å². The number of amides is 1. The van der Waals surface area contributed by atoms with E-state index in [-0.39, 0.29) is 34.3 Å². The van der Waals surface area contributed by atoms with Gasteiger partial charge in [0, 0.05) is 30.4 Å². The highest BCUT2D eigenvalue weighted by atomic mass is 19.1. The van der Waals surface area contributed by atoms with Crippen LogP contribution in [-0.4, -0.2) is 27.0 Å². The molecule has 0 saturated carbocycles. The normalized spacial score (nSPS) is 10.7. The number of halogens is 1. The number of benzene rings is 1. The van der Waals surface area contributed by atoms with Crippen LogP contribution in [-0.2, 0) is 4.79 Å². The van der Waals surface area contributed by atoms with E-state index in [9.17, 15) is 14.0 Å². The lowest BCUT2D eigenvalue weighted by molar-refractivity contribution is -0.114. The highest BCUT2D eigenvalue weighted by Crippen LogP contribution is 2.28. The molecule has 0 saturated heterocycles. The fourth-order valence-corrected chi connectivity index (χ4v) is 2.07. The van der Waals surface area contributed by atoms with Gasteiger partial charge in [0.1, 0.15) is 11.2 Å². The number of pyridine rings is 1. The summed E-state index contributed by atoms with van der Waals surface area (Å²) in [4.78, 5) is 29.8. The van der Waals surface area contributed by atoms with Gasteiger partial charge in [-0.3, -0.25) is 4.79 Å². The van der Waals surface area contributed by atoms with Crippen molar-refractivity contribution < 1.29 is 23.5 Å². The summed E-state index contributed by atoms with van der Waals surface area (Å²) >= 11 is 0. The summed E-state index contributed by atoms with van der Waals surface area (Å²) in [5.74, 6) is -2.16. The van der Waals surface area contributed by atoms with Crippen molar-refractivity contribution in [3.63, 3.8) is 0 Å². The van der Waals surface area contributed by atoms with Gasteiger partial charge in [-0.2, -0.15) is 0 Å². The van der Waals surface area contributed by atoms with E-state index in [0.29, 0.717) is 5.56 Å². The minimum atomic E-state index is -1.19. The van der Waals surface area contributed by atoms with Gasteiger partial charge in [-0.1, -0.05) is 0 Å². The second-order valence-corrected chi connectivity index (χ2v) is 4.74. The van der Waals surface area contributed by atoms with Crippen molar-refractivity contribution in [1.82, 2.24) is 9.97 Å². The molecule has 1 amide bonds. The Morgan fingerprint density at radius 3 is 2.78 bits per heavy atom. The third-order valence-corrected chi connectivity index (χ3v) is 2.99. The van der Waals surface area contributed by atoms with Crippen LogP contribution < -0.4 is 5.32 Å². The first-order valence-corrected chi connectivity index (χ1v) is 6.51. The number of anilines is 1. The molecule has 116 valence electrons. The lowest BCUT2D eigenvalue weighted by atomic mass is 10.2. The molecule has 0 aliphatic rings. The minimum Gasteiger partial charge on any atom is -0.477 e. The van der Waals surface area contributed by atoms with Crippen molar-refractivity contribution in [2.24, 2.45) is 0 Å². The lowest BCUT2D eigenvalue weighted by Gasteiger charge is -2.00. The molecule has 0 unspecified atom stereocenters. The van der Waals surface area contributed by atoms with Crippen LogP contribution in [0.15, 0.2) is 34.9 Å². The minimum absolute atomic E-state index is 0.0591. The summed E-state index contributed by atoms with van der Waals surface area (Å²) in [6.07, 6.45) is 1.30. The zero-order valence-electron chi connectivity index (χ0n) is 11.8. The van der Waals surface area contributed by atoms with Crippen molar-refractivity contribution in [3.05, 3.63) is 42.0 Å². The molecular weight excluding hydrogens is 305 g/mol. The zero-order chi connectivity index (χ0) is 16.6. The maximum absolute atomic E-state index is 14.0. The number of nitrogens with zero attached hydrogens (tertiary/aromatic N) is 2. The van der Waals surface area contributed by atoms with Gasteiger partial charge in [0.05, 0.1) is 0 Å². The molecule has 7 nitrogen and oxygen atoms in total. The Morgan fingerprint density at radius 2 is 2.09 bits per heavy atom. The molecule has 2 N–H and O–H groups in total. The molecule has 0 atom stereocenters. The average Bonchev–Trinajstić information content (AvgIpc) is 2.91. The third-order valence-electron chi connectivity index (χ3n) is 2.99. The van der Waals surface area contributed by atoms with Crippen LogP contribution in [0.2, 0.25) is 0 Å². The Balaban J connectivity index is 2.09. The SMILES string of the molecule is CC(=O)Nc1cc(F)c2oc(-c3ccnc(C(=O)O)c3)nc2c1. The maximum Gasteiger partial charge on any atom is 0.354 e. The lowest BCUT2D eigenvalue weighted by Crippen LogP contribution is -2.05. The van der Waals surface area contributed by atoms with E-state index < -0.39 is 11.8 Å². The Hall–Kier alpha value is -3.29. The van der Waals surface area contributed by atoms with Gasteiger partial charge in [-0.05, 0) is 18.2 Å². The van der Waals surface area contributed by atoms with E-state index in [4.69, 9.17) is 9.52 Å². The highest BCUT2D eigenvalue weighted by molar-refractivity contribution is 5.92. The predicted octanol–water partition coefficient (Wildman–Crippen LogP) is 2.69. The van der Waals surface area contributed by atoms with Crippen molar-refractivity contribution in [2.75, 3.05) is 5.32 Å². The molecule has 3 aromatic rings. The zero-order valence-corrected chi connectivity index (χ0v) is 11.8. The van der Waals surface area contributed by atoms with Gasteiger partial charge in [-0.15, -0.1) is 0 Å². The van der Waals surface area contributed by atoms with Crippen LogP contribution in [0.1, 0.15) is 17.4 Å². The number of carboxylic acid groups (broad SMARTS) is 1. The molecule has 0 radical (unpaired) electrons. The van der Waals surface area contributed by atoms with Crippen LogP contribution in [0, 0.1) is 5.82 Å². The van der Waals surface area contributed by atoms with E-state index in [1.807, 2.05) is 0 Å². The number of aromatic carboxylic acids is 1. The van der Waals surface area contributed by atoms with Crippen LogP contribution in [0.25, 0.3) is 22.6 Å². The largest absolute Gasteiger partial charge is 0.477 e. The van der Waals surface area contributed by atoms with Gasteiger partial charge in [0.25, 0.3) is 0 Å². The number of aromatic nitrogens is 2. The highest BCUT2D eigenvalue weighted by Gasteiger charge is 2.15. The van der Waals surface area contributed by atoms with Gasteiger partial charge < -0.3 is 14.8 Å². The first kappa shape index (κ1) is 14.6. The Labute approximate surface area is 128 Å². The molecule has 1 aromatic carbocycles. The fraction of sp³-hybridized carbons (Fsp3) is 0.0667. The number of fused-ring (bicyclic) bond motifs is 1. The number of nitrogens with one attached hydrogen (secondary N) is 1. The number of carboxylic acids is 1. The van der Waals surface area contributed by atoms with Crippen LogP contribution in [0.5, 0.6) is 0 Å². The second kappa shape index (κ2) is 5.48. The first-order chi connectivity index (χ1) is 10.9. The Kier molecular flexibility index (Phi) is 3.49. The molecule has 0 fully saturated rings. The fourth-order valence-electron chi connectivity index (χ4n) is 2.07. The summed E-state index contributed by atoms with van der Waals surface area (Å²) in [6, 6.07) is 5.36. The number of hydrogen-bond acceptors (Lipinski definition) is 5. The number of carbonyl (C=O) groups is 2. The summed E-state index contributed by atoms with van der Waals surface area (Å²) in [5, 5.41) is 11.4. The standard InChI is InChI=1S/C15H10FN3O4/c1-7(20)18-9-5-10(16)13-11(6-9)19-14(23-13)8-2-3-17-12(4-8)15(21)22/h2-6H,1H3,(H,18,20)(H,21,22). The van der Waals surface area contributed by atoms with Crippen molar-refractivity contribution in [3.8, 4) is 11.5 Å². The van der Waals surface area contributed by atoms with Gasteiger partial charge >= 0.3 is 5.97 Å². The van der Waals surface area contributed by atoms with E-state index >= 15 is 0 Å². The van der Waals surface area contributed by atoms with E-state index in [2.05, 4.69) is 15.3 Å². The van der Waals surface area contributed by atoms with E-state index in [0.717, 1.165) is 6.07 Å². The molecule has 2 heterocycles.